The zero-order chi connectivity index (χ0) is 22.2. The highest BCUT2D eigenvalue weighted by atomic mass is 16.3. The van der Waals surface area contributed by atoms with Crippen molar-refractivity contribution < 1.29 is 4.42 Å². The van der Waals surface area contributed by atoms with Gasteiger partial charge < -0.3 is 4.42 Å². The molecule has 6 rings (SSSR count). The van der Waals surface area contributed by atoms with E-state index in [-0.39, 0.29) is 0 Å². The van der Waals surface area contributed by atoms with Crippen LogP contribution in [0.3, 0.4) is 0 Å². The van der Waals surface area contributed by atoms with Crippen LogP contribution in [0.4, 0.5) is 0 Å². The summed E-state index contributed by atoms with van der Waals surface area (Å²) in [5, 5.41) is 11.4. The molecule has 2 aromatic heterocycles. The standard InChI is InChI=1S/C30H18N2O/c31-17-20-13-26(19-32-18-20)23-8-4-7-22(14-23)25-10-12-30-28(16-25)27-15-24(9-11-29(27)33-30)21-5-2-1-3-6-21/h1-16,18-19H. The fraction of sp³-hybridized carbons (Fsp3) is 0. The van der Waals surface area contributed by atoms with Gasteiger partial charge in [0, 0.05) is 28.7 Å². The first-order valence-electron chi connectivity index (χ1n) is 10.8. The number of fused-ring (bicyclic) bond motifs is 3. The molecule has 154 valence electrons. The van der Waals surface area contributed by atoms with Crippen molar-refractivity contribution >= 4 is 21.9 Å². The van der Waals surface area contributed by atoms with E-state index in [4.69, 9.17) is 4.42 Å². The summed E-state index contributed by atoms with van der Waals surface area (Å²) in [5.41, 5.74) is 8.84. The highest BCUT2D eigenvalue weighted by molar-refractivity contribution is 6.07. The molecule has 4 aromatic carbocycles. The Morgan fingerprint density at radius 2 is 1.15 bits per heavy atom. The van der Waals surface area contributed by atoms with E-state index >= 15 is 0 Å². The van der Waals surface area contributed by atoms with Crippen LogP contribution in [0.25, 0.3) is 55.3 Å². The zero-order valence-electron chi connectivity index (χ0n) is 17.7. The van der Waals surface area contributed by atoms with Gasteiger partial charge in [0.15, 0.2) is 0 Å². The smallest absolute Gasteiger partial charge is 0.135 e. The number of furan rings is 1. The molecular weight excluding hydrogens is 404 g/mol. The maximum atomic E-state index is 9.20. The van der Waals surface area contributed by atoms with Gasteiger partial charge in [-0.3, -0.25) is 4.98 Å². The van der Waals surface area contributed by atoms with Crippen LogP contribution < -0.4 is 0 Å². The largest absolute Gasteiger partial charge is 0.456 e. The van der Waals surface area contributed by atoms with E-state index in [1.165, 1.54) is 11.1 Å². The lowest BCUT2D eigenvalue weighted by Crippen LogP contribution is -1.85. The second-order valence-electron chi connectivity index (χ2n) is 8.04. The quantitative estimate of drug-likeness (QED) is 0.292. The van der Waals surface area contributed by atoms with E-state index in [1.54, 1.807) is 12.4 Å². The number of hydrogen-bond acceptors (Lipinski definition) is 3. The molecule has 0 aliphatic rings. The first-order chi connectivity index (χ1) is 16.3. The number of pyridine rings is 1. The molecule has 3 nitrogen and oxygen atoms in total. The molecule has 0 N–H and O–H groups in total. The van der Waals surface area contributed by atoms with E-state index in [0.717, 1.165) is 44.2 Å². The van der Waals surface area contributed by atoms with Gasteiger partial charge in [-0.2, -0.15) is 5.26 Å². The molecule has 2 heterocycles. The molecule has 0 radical (unpaired) electrons. The first-order valence-corrected chi connectivity index (χ1v) is 10.8. The summed E-state index contributed by atoms with van der Waals surface area (Å²) in [6, 6.07) is 35.4. The van der Waals surface area contributed by atoms with Crippen molar-refractivity contribution in [2.24, 2.45) is 0 Å². The van der Waals surface area contributed by atoms with Crippen molar-refractivity contribution in [3.63, 3.8) is 0 Å². The molecule has 0 atom stereocenters. The van der Waals surface area contributed by atoms with Crippen LogP contribution in [0.5, 0.6) is 0 Å². The monoisotopic (exact) mass is 422 g/mol. The van der Waals surface area contributed by atoms with E-state index in [9.17, 15) is 5.26 Å². The molecular formula is C30H18N2O. The molecule has 0 spiro atoms. The summed E-state index contributed by atoms with van der Waals surface area (Å²) < 4.78 is 6.11. The van der Waals surface area contributed by atoms with E-state index < -0.39 is 0 Å². The lowest BCUT2D eigenvalue weighted by molar-refractivity contribution is 0.669. The van der Waals surface area contributed by atoms with Crippen LogP contribution in [0, 0.1) is 11.3 Å². The Hall–Kier alpha value is -4.68. The summed E-state index contributed by atoms with van der Waals surface area (Å²) in [6.07, 6.45) is 3.37. The number of benzene rings is 4. The second-order valence-corrected chi connectivity index (χ2v) is 8.04. The fourth-order valence-corrected chi connectivity index (χ4v) is 4.30. The molecule has 3 heteroatoms. The third-order valence-electron chi connectivity index (χ3n) is 5.97. The Morgan fingerprint density at radius 1 is 0.545 bits per heavy atom. The van der Waals surface area contributed by atoms with Crippen LogP contribution >= 0.6 is 0 Å². The van der Waals surface area contributed by atoms with Crippen molar-refractivity contribution in [2.45, 2.75) is 0 Å². The van der Waals surface area contributed by atoms with Crippen molar-refractivity contribution in [2.75, 3.05) is 0 Å². The van der Waals surface area contributed by atoms with Gasteiger partial charge in [0.2, 0.25) is 0 Å². The lowest BCUT2D eigenvalue weighted by atomic mass is 9.97. The average molecular weight is 422 g/mol. The predicted molar refractivity (Wildman–Crippen MR) is 133 cm³/mol. The summed E-state index contributed by atoms with van der Waals surface area (Å²) in [4.78, 5) is 4.20. The molecule has 0 saturated heterocycles. The normalized spacial score (nSPS) is 11.0. The number of nitriles is 1. The van der Waals surface area contributed by atoms with Gasteiger partial charge in [-0.15, -0.1) is 0 Å². The van der Waals surface area contributed by atoms with Gasteiger partial charge >= 0.3 is 0 Å². The lowest BCUT2D eigenvalue weighted by Gasteiger charge is -2.07. The fourth-order valence-electron chi connectivity index (χ4n) is 4.30. The molecule has 0 saturated carbocycles. The van der Waals surface area contributed by atoms with Gasteiger partial charge in [0.25, 0.3) is 0 Å². The third-order valence-corrected chi connectivity index (χ3v) is 5.97. The highest BCUT2D eigenvalue weighted by Gasteiger charge is 2.11. The minimum Gasteiger partial charge on any atom is -0.456 e. The Morgan fingerprint density at radius 3 is 1.85 bits per heavy atom. The maximum Gasteiger partial charge on any atom is 0.135 e. The van der Waals surface area contributed by atoms with Crippen LogP contribution in [-0.4, -0.2) is 4.98 Å². The van der Waals surface area contributed by atoms with E-state index in [1.807, 2.05) is 36.4 Å². The second kappa shape index (κ2) is 7.78. The van der Waals surface area contributed by atoms with Gasteiger partial charge in [0.1, 0.15) is 17.2 Å². The molecule has 0 bridgehead atoms. The van der Waals surface area contributed by atoms with Crippen LogP contribution in [0.1, 0.15) is 5.56 Å². The van der Waals surface area contributed by atoms with E-state index in [2.05, 4.69) is 71.7 Å². The minimum absolute atomic E-state index is 0.554. The first kappa shape index (κ1) is 19.0. The van der Waals surface area contributed by atoms with Gasteiger partial charge in [0.05, 0.1) is 5.56 Å². The van der Waals surface area contributed by atoms with Crippen molar-refractivity contribution in [3.8, 4) is 39.4 Å². The predicted octanol–water partition coefficient (Wildman–Crippen LogP) is 7.85. The number of nitrogens with zero attached hydrogens (tertiary/aromatic N) is 2. The summed E-state index contributed by atoms with van der Waals surface area (Å²) >= 11 is 0. The van der Waals surface area contributed by atoms with E-state index in [0.29, 0.717) is 5.56 Å². The number of aromatic nitrogens is 1. The molecule has 0 unspecified atom stereocenters. The highest BCUT2D eigenvalue weighted by Crippen LogP contribution is 2.35. The zero-order valence-corrected chi connectivity index (χ0v) is 17.7. The third kappa shape index (κ3) is 3.44. The minimum atomic E-state index is 0.554. The summed E-state index contributed by atoms with van der Waals surface area (Å²) in [7, 11) is 0. The SMILES string of the molecule is N#Cc1cncc(-c2cccc(-c3ccc4oc5ccc(-c6ccccc6)cc5c4c3)c2)c1. The topological polar surface area (TPSA) is 49.8 Å². The van der Waals surface area contributed by atoms with Crippen LogP contribution in [0.15, 0.2) is 114 Å². The van der Waals surface area contributed by atoms with Crippen molar-refractivity contribution in [3.05, 3.63) is 115 Å². The van der Waals surface area contributed by atoms with Gasteiger partial charge in [-0.1, -0.05) is 60.7 Å². The molecule has 0 fully saturated rings. The van der Waals surface area contributed by atoms with Crippen LogP contribution in [-0.2, 0) is 0 Å². The Kier molecular flexibility index (Phi) is 4.49. The average Bonchev–Trinajstić information content (AvgIpc) is 3.26. The number of rotatable bonds is 3. The Bertz CT molecular complexity index is 1670. The molecule has 33 heavy (non-hydrogen) atoms. The van der Waals surface area contributed by atoms with Crippen molar-refractivity contribution in [1.82, 2.24) is 4.98 Å². The Labute approximate surface area is 191 Å². The molecule has 6 aromatic rings. The molecule has 0 amide bonds. The molecule has 0 aliphatic heterocycles. The van der Waals surface area contributed by atoms with Crippen LogP contribution in [0.2, 0.25) is 0 Å². The van der Waals surface area contributed by atoms with Crippen molar-refractivity contribution in [1.29, 1.82) is 5.26 Å². The summed E-state index contributed by atoms with van der Waals surface area (Å²) in [6.45, 7) is 0. The Balaban J connectivity index is 1.47. The molecule has 0 aliphatic carbocycles. The number of hydrogen-bond donors (Lipinski definition) is 0. The van der Waals surface area contributed by atoms with Gasteiger partial charge in [-0.25, -0.2) is 0 Å². The summed E-state index contributed by atoms with van der Waals surface area (Å²) in [5.74, 6) is 0. The van der Waals surface area contributed by atoms with Gasteiger partial charge in [-0.05, 0) is 64.2 Å². The maximum absolute atomic E-state index is 9.20.